The summed E-state index contributed by atoms with van der Waals surface area (Å²) in [5.41, 5.74) is 1.17. The van der Waals surface area contributed by atoms with E-state index in [-0.39, 0.29) is 11.2 Å². The number of hydrogen-bond acceptors (Lipinski definition) is 2. The normalized spacial score (nSPS) is 25.8. The van der Waals surface area contributed by atoms with Crippen LogP contribution in [-0.4, -0.2) is 19.5 Å². The van der Waals surface area contributed by atoms with Gasteiger partial charge in [-0.1, -0.05) is 26.0 Å². The van der Waals surface area contributed by atoms with Crippen molar-refractivity contribution in [3.05, 3.63) is 29.8 Å². The second-order valence-electron chi connectivity index (χ2n) is 5.57. The second kappa shape index (κ2) is 4.71. The SMILES string of the molecule is CNC1CC(c2ccc(OC(F)(F)F)cc2)C1(C)C. The zero-order valence-corrected chi connectivity index (χ0v) is 11.2. The third-order valence-corrected chi connectivity index (χ3v) is 4.13. The lowest BCUT2D eigenvalue weighted by molar-refractivity contribution is -0.274. The number of ether oxygens (including phenoxy) is 1. The summed E-state index contributed by atoms with van der Waals surface area (Å²) in [6, 6.07) is 6.65. The molecule has 0 spiro atoms. The molecule has 5 heteroatoms. The molecule has 2 unspecified atom stereocenters. The van der Waals surface area contributed by atoms with Gasteiger partial charge in [0.1, 0.15) is 5.75 Å². The van der Waals surface area contributed by atoms with Gasteiger partial charge in [0.15, 0.2) is 0 Å². The number of hydrogen-bond donors (Lipinski definition) is 1. The highest BCUT2D eigenvalue weighted by Gasteiger charge is 2.47. The van der Waals surface area contributed by atoms with Crippen LogP contribution < -0.4 is 10.1 Å². The van der Waals surface area contributed by atoms with Gasteiger partial charge in [-0.25, -0.2) is 0 Å². The summed E-state index contributed by atoms with van der Waals surface area (Å²) in [4.78, 5) is 0. The van der Waals surface area contributed by atoms with E-state index in [1.54, 1.807) is 12.1 Å². The molecule has 1 aliphatic rings. The van der Waals surface area contributed by atoms with Gasteiger partial charge >= 0.3 is 6.36 Å². The monoisotopic (exact) mass is 273 g/mol. The van der Waals surface area contributed by atoms with Crippen molar-refractivity contribution in [1.82, 2.24) is 5.32 Å². The first kappa shape index (κ1) is 14.2. The number of rotatable bonds is 3. The van der Waals surface area contributed by atoms with Crippen molar-refractivity contribution in [2.45, 2.75) is 38.6 Å². The van der Waals surface area contributed by atoms with Crippen molar-refractivity contribution in [1.29, 1.82) is 0 Å². The minimum Gasteiger partial charge on any atom is -0.406 e. The van der Waals surface area contributed by atoms with Crippen molar-refractivity contribution >= 4 is 0 Å². The van der Waals surface area contributed by atoms with Gasteiger partial charge in [0.2, 0.25) is 0 Å². The Morgan fingerprint density at radius 2 is 1.79 bits per heavy atom. The van der Waals surface area contributed by atoms with Crippen LogP contribution in [-0.2, 0) is 0 Å². The Morgan fingerprint density at radius 1 is 1.21 bits per heavy atom. The van der Waals surface area contributed by atoms with Crippen molar-refractivity contribution < 1.29 is 17.9 Å². The summed E-state index contributed by atoms with van der Waals surface area (Å²) in [5.74, 6) is 0.198. The summed E-state index contributed by atoms with van der Waals surface area (Å²) in [7, 11) is 1.93. The van der Waals surface area contributed by atoms with Crippen LogP contribution in [0.25, 0.3) is 0 Å². The van der Waals surface area contributed by atoms with Gasteiger partial charge in [-0.2, -0.15) is 0 Å². The minimum absolute atomic E-state index is 0.112. The third kappa shape index (κ3) is 2.86. The molecule has 1 aromatic rings. The van der Waals surface area contributed by atoms with E-state index >= 15 is 0 Å². The Kier molecular flexibility index (Phi) is 3.51. The smallest absolute Gasteiger partial charge is 0.406 e. The number of alkyl halides is 3. The van der Waals surface area contributed by atoms with Crippen molar-refractivity contribution in [3.8, 4) is 5.75 Å². The van der Waals surface area contributed by atoms with Gasteiger partial charge in [0.25, 0.3) is 0 Å². The Hall–Kier alpha value is -1.23. The maximum absolute atomic E-state index is 12.1. The van der Waals surface area contributed by atoms with E-state index in [0.717, 1.165) is 12.0 Å². The van der Waals surface area contributed by atoms with Crippen molar-refractivity contribution in [3.63, 3.8) is 0 Å². The number of benzene rings is 1. The predicted octanol–water partition coefficient (Wildman–Crippen LogP) is 3.69. The molecule has 0 radical (unpaired) electrons. The molecule has 0 aliphatic heterocycles. The van der Waals surface area contributed by atoms with Crippen molar-refractivity contribution in [2.24, 2.45) is 5.41 Å². The third-order valence-electron chi connectivity index (χ3n) is 4.13. The van der Waals surface area contributed by atoms with E-state index < -0.39 is 6.36 Å². The molecule has 2 atom stereocenters. The van der Waals surface area contributed by atoms with Crippen LogP contribution in [0, 0.1) is 5.41 Å². The van der Waals surface area contributed by atoms with E-state index in [2.05, 4.69) is 23.9 Å². The first-order chi connectivity index (χ1) is 8.74. The average Bonchev–Trinajstić information content (AvgIpc) is 2.28. The maximum atomic E-state index is 12.1. The van der Waals surface area contributed by atoms with Gasteiger partial charge in [-0.05, 0) is 42.5 Å². The molecule has 0 aromatic heterocycles. The van der Waals surface area contributed by atoms with Crippen LogP contribution in [0.4, 0.5) is 13.2 Å². The van der Waals surface area contributed by atoms with E-state index in [9.17, 15) is 13.2 Å². The van der Waals surface area contributed by atoms with Crippen LogP contribution in [0.5, 0.6) is 5.75 Å². The van der Waals surface area contributed by atoms with Crippen LogP contribution in [0.15, 0.2) is 24.3 Å². The first-order valence-electron chi connectivity index (χ1n) is 6.27. The van der Waals surface area contributed by atoms with E-state index in [0.29, 0.717) is 12.0 Å². The first-order valence-corrected chi connectivity index (χ1v) is 6.27. The molecule has 1 fully saturated rings. The zero-order chi connectivity index (χ0) is 14.3. The minimum atomic E-state index is -4.63. The quantitative estimate of drug-likeness (QED) is 0.907. The van der Waals surface area contributed by atoms with Crippen molar-refractivity contribution in [2.75, 3.05) is 7.05 Å². The van der Waals surface area contributed by atoms with Crippen LogP contribution in [0.2, 0.25) is 0 Å². The molecule has 0 heterocycles. The average molecular weight is 273 g/mol. The van der Waals surface area contributed by atoms with Gasteiger partial charge in [0, 0.05) is 6.04 Å². The Bertz CT molecular complexity index is 439. The fraction of sp³-hybridized carbons (Fsp3) is 0.571. The summed E-state index contributed by atoms with van der Waals surface area (Å²) < 4.78 is 40.1. The second-order valence-corrected chi connectivity index (χ2v) is 5.57. The molecular formula is C14H18F3NO. The van der Waals surface area contributed by atoms with E-state index in [1.165, 1.54) is 12.1 Å². The van der Waals surface area contributed by atoms with E-state index in [4.69, 9.17) is 0 Å². The van der Waals surface area contributed by atoms with Gasteiger partial charge in [0.05, 0.1) is 0 Å². The summed E-state index contributed by atoms with van der Waals surface area (Å²) >= 11 is 0. The van der Waals surface area contributed by atoms with Crippen LogP contribution in [0.1, 0.15) is 31.7 Å². The number of halogens is 3. The maximum Gasteiger partial charge on any atom is 0.573 e. The molecule has 2 rings (SSSR count). The molecule has 1 aromatic carbocycles. The molecule has 1 saturated carbocycles. The van der Waals surface area contributed by atoms with Gasteiger partial charge in [-0.15, -0.1) is 13.2 Å². The summed E-state index contributed by atoms with van der Waals surface area (Å²) in [5, 5.41) is 3.26. The highest BCUT2D eigenvalue weighted by molar-refractivity contribution is 5.33. The lowest BCUT2D eigenvalue weighted by Crippen LogP contribution is -2.54. The Labute approximate surface area is 111 Å². The fourth-order valence-corrected chi connectivity index (χ4v) is 2.88. The highest BCUT2D eigenvalue weighted by Crippen LogP contribution is 2.52. The molecule has 0 saturated heterocycles. The fourth-order valence-electron chi connectivity index (χ4n) is 2.88. The Balaban J connectivity index is 2.08. The van der Waals surface area contributed by atoms with Crippen LogP contribution in [0.3, 0.4) is 0 Å². The van der Waals surface area contributed by atoms with Gasteiger partial charge in [-0.3, -0.25) is 0 Å². The van der Waals surface area contributed by atoms with Gasteiger partial charge < -0.3 is 10.1 Å². The molecule has 1 N–H and O–H groups in total. The van der Waals surface area contributed by atoms with Crippen LogP contribution >= 0.6 is 0 Å². The molecule has 19 heavy (non-hydrogen) atoms. The highest BCUT2D eigenvalue weighted by atomic mass is 19.4. The lowest BCUT2D eigenvalue weighted by atomic mass is 9.56. The lowest BCUT2D eigenvalue weighted by Gasteiger charge is -2.52. The molecule has 2 nitrogen and oxygen atoms in total. The largest absolute Gasteiger partial charge is 0.573 e. The number of nitrogens with one attached hydrogen (secondary N) is 1. The zero-order valence-electron chi connectivity index (χ0n) is 11.2. The molecule has 106 valence electrons. The standard InChI is InChI=1S/C14H18F3NO/c1-13(2)11(8-12(13)18-3)9-4-6-10(7-5-9)19-14(15,16)17/h4-7,11-12,18H,8H2,1-3H3. The summed E-state index contributed by atoms with van der Waals surface area (Å²) in [6.45, 7) is 4.34. The van der Waals surface area contributed by atoms with E-state index in [1.807, 2.05) is 7.05 Å². The molecule has 1 aliphatic carbocycles. The summed E-state index contributed by atoms with van der Waals surface area (Å²) in [6.07, 6.45) is -3.63. The molecule has 0 bridgehead atoms. The molecule has 0 amide bonds. The topological polar surface area (TPSA) is 21.3 Å². The molecular weight excluding hydrogens is 255 g/mol. The predicted molar refractivity (Wildman–Crippen MR) is 67.1 cm³/mol. The Morgan fingerprint density at radius 3 is 2.21 bits per heavy atom.